The Labute approximate surface area is 139 Å². The van der Waals surface area contributed by atoms with Crippen LogP contribution in [-0.2, 0) is 17.8 Å². The summed E-state index contributed by atoms with van der Waals surface area (Å²) in [4.78, 5) is 27.0. The van der Waals surface area contributed by atoms with Crippen molar-refractivity contribution in [1.29, 1.82) is 0 Å². The van der Waals surface area contributed by atoms with Crippen molar-refractivity contribution in [3.8, 4) is 0 Å². The van der Waals surface area contributed by atoms with E-state index in [0.717, 1.165) is 18.4 Å². The van der Waals surface area contributed by atoms with Crippen molar-refractivity contribution in [2.75, 3.05) is 0 Å². The second kappa shape index (κ2) is 6.96. The van der Waals surface area contributed by atoms with Gasteiger partial charge in [-0.25, -0.2) is 4.79 Å². The van der Waals surface area contributed by atoms with Gasteiger partial charge in [0.15, 0.2) is 0 Å². The molecule has 1 saturated carbocycles. The molecule has 0 aliphatic heterocycles. The third kappa shape index (κ3) is 3.99. The number of rotatable bonds is 7. The van der Waals surface area contributed by atoms with Crippen LogP contribution in [0.2, 0.25) is 0 Å². The van der Waals surface area contributed by atoms with E-state index in [4.69, 9.17) is 0 Å². The van der Waals surface area contributed by atoms with Crippen LogP contribution in [0.3, 0.4) is 0 Å². The van der Waals surface area contributed by atoms with Crippen molar-refractivity contribution in [3.05, 3.63) is 57.8 Å². The lowest BCUT2D eigenvalue weighted by Gasteiger charge is -2.22. The van der Waals surface area contributed by atoms with E-state index in [1.54, 1.807) is 29.5 Å². The van der Waals surface area contributed by atoms with Crippen molar-refractivity contribution in [2.24, 2.45) is 0 Å². The molecule has 4 nitrogen and oxygen atoms in total. The highest BCUT2D eigenvalue weighted by Crippen LogP contribution is 2.30. The number of amides is 1. The Morgan fingerprint density at radius 3 is 2.61 bits per heavy atom. The van der Waals surface area contributed by atoms with E-state index in [1.165, 1.54) is 4.88 Å². The maximum Gasteiger partial charge on any atom is 0.335 e. The molecule has 2 aromatic rings. The molecule has 3 rings (SSSR count). The van der Waals surface area contributed by atoms with Gasteiger partial charge in [-0.3, -0.25) is 4.79 Å². The number of carboxylic acids is 1. The molecule has 1 aromatic heterocycles. The zero-order valence-electron chi connectivity index (χ0n) is 12.8. The number of aryl methyl sites for hydroxylation is 1. The molecule has 1 fully saturated rings. The molecule has 0 atom stereocenters. The highest BCUT2D eigenvalue weighted by Gasteiger charge is 2.32. The summed E-state index contributed by atoms with van der Waals surface area (Å²) in [6.45, 7) is 0.668. The first-order valence-electron chi connectivity index (χ1n) is 7.78. The quantitative estimate of drug-likeness (QED) is 0.845. The van der Waals surface area contributed by atoms with Crippen molar-refractivity contribution >= 4 is 23.2 Å². The Bertz CT molecular complexity index is 692. The summed E-state index contributed by atoms with van der Waals surface area (Å²) in [6.07, 6.45) is 2.97. The first-order valence-corrected chi connectivity index (χ1v) is 8.66. The van der Waals surface area contributed by atoms with E-state index >= 15 is 0 Å². The van der Waals surface area contributed by atoms with E-state index in [-0.39, 0.29) is 11.5 Å². The molecule has 0 saturated heterocycles. The predicted octanol–water partition coefficient (Wildman–Crippen LogP) is 3.57. The molecule has 0 unspecified atom stereocenters. The lowest BCUT2D eigenvalue weighted by Crippen LogP contribution is -2.32. The Kier molecular flexibility index (Phi) is 4.76. The van der Waals surface area contributed by atoms with E-state index in [2.05, 4.69) is 0 Å². The highest BCUT2D eigenvalue weighted by atomic mass is 32.1. The molecule has 1 amide bonds. The van der Waals surface area contributed by atoms with Gasteiger partial charge in [0.05, 0.1) is 12.1 Å². The Balaban J connectivity index is 1.64. The largest absolute Gasteiger partial charge is 0.478 e. The summed E-state index contributed by atoms with van der Waals surface area (Å²) < 4.78 is 0. The third-order valence-electron chi connectivity index (χ3n) is 4.07. The van der Waals surface area contributed by atoms with Gasteiger partial charge in [-0.05, 0) is 42.3 Å². The van der Waals surface area contributed by atoms with Crippen molar-refractivity contribution < 1.29 is 14.7 Å². The Morgan fingerprint density at radius 1 is 1.17 bits per heavy atom. The highest BCUT2D eigenvalue weighted by molar-refractivity contribution is 7.09. The first kappa shape index (κ1) is 15.7. The number of hydrogen-bond acceptors (Lipinski definition) is 3. The molecule has 1 aromatic carbocycles. The van der Waals surface area contributed by atoms with Gasteiger partial charge in [-0.15, -0.1) is 11.3 Å². The van der Waals surface area contributed by atoms with Crippen molar-refractivity contribution in [1.82, 2.24) is 4.90 Å². The van der Waals surface area contributed by atoms with E-state index in [0.29, 0.717) is 25.4 Å². The molecule has 1 N–H and O–H groups in total. The van der Waals surface area contributed by atoms with Crippen LogP contribution in [-0.4, -0.2) is 27.9 Å². The summed E-state index contributed by atoms with van der Waals surface area (Å²) in [7, 11) is 0. The maximum atomic E-state index is 12.6. The number of benzene rings is 1. The van der Waals surface area contributed by atoms with Gasteiger partial charge in [-0.2, -0.15) is 0 Å². The molecule has 0 radical (unpaired) electrons. The van der Waals surface area contributed by atoms with Gasteiger partial charge in [0.1, 0.15) is 0 Å². The fourth-order valence-electron chi connectivity index (χ4n) is 2.71. The molecule has 1 aliphatic rings. The van der Waals surface area contributed by atoms with Crippen LogP contribution in [0.5, 0.6) is 0 Å². The van der Waals surface area contributed by atoms with Gasteiger partial charge in [0.2, 0.25) is 5.91 Å². The number of carbonyl (C=O) groups is 2. The summed E-state index contributed by atoms with van der Waals surface area (Å²) in [5.41, 5.74) is 1.01. The van der Waals surface area contributed by atoms with Crippen LogP contribution in [0.4, 0.5) is 0 Å². The zero-order chi connectivity index (χ0) is 16.2. The van der Waals surface area contributed by atoms with Crippen LogP contribution < -0.4 is 0 Å². The number of aromatic carboxylic acids is 1. The van der Waals surface area contributed by atoms with Gasteiger partial charge < -0.3 is 10.0 Å². The summed E-state index contributed by atoms with van der Waals surface area (Å²) >= 11 is 1.66. The second-order valence-corrected chi connectivity index (χ2v) is 6.83. The standard InChI is InChI=1S/C18H19NO3S/c20-17(10-7-13-4-1-2-6-16(13)18(21)22)19(14-8-9-14)12-15-5-3-11-23-15/h1-6,11,14H,7-10,12H2,(H,21,22). The van der Waals surface area contributed by atoms with Crippen molar-refractivity contribution in [2.45, 2.75) is 38.3 Å². The number of nitrogens with zero attached hydrogens (tertiary/aromatic N) is 1. The van der Waals surface area contributed by atoms with Crippen LogP contribution in [0.1, 0.15) is 40.1 Å². The van der Waals surface area contributed by atoms with Gasteiger partial charge in [0.25, 0.3) is 0 Å². The lowest BCUT2D eigenvalue weighted by molar-refractivity contribution is -0.132. The molecule has 5 heteroatoms. The monoisotopic (exact) mass is 329 g/mol. The SMILES string of the molecule is O=C(O)c1ccccc1CCC(=O)N(Cc1cccs1)C1CC1. The van der Waals surface area contributed by atoms with Crippen LogP contribution >= 0.6 is 11.3 Å². The number of carboxylic acid groups (broad SMARTS) is 1. The number of thiophene rings is 1. The molecule has 1 heterocycles. The fourth-order valence-corrected chi connectivity index (χ4v) is 3.41. The minimum atomic E-state index is -0.939. The van der Waals surface area contributed by atoms with Gasteiger partial charge >= 0.3 is 5.97 Å². The molecular formula is C18H19NO3S. The first-order chi connectivity index (χ1) is 11.1. The second-order valence-electron chi connectivity index (χ2n) is 5.79. The third-order valence-corrected chi connectivity index (χ3v) is 4.93. The number of carbonyl (C=O) groups excluding carboxylic acids is 1. The van der Waals surface area contributed by atoms with Crippen LogP contribution in [0.15, 0.2) is 41.8 Å². The minimum Gasteiger partial charge on any atom is -0.478 e. The molecule has 23 heavy (non-hydrogen) atoms. The Hall–Kier alpha value is -2.14. The molecular weight excluding hydrogens is 310 g/mol. The smallest absolute Gasteiger partial charge is 0.335 e. The summed E-state index contributed by atoms with van der Waals surface area (Å²) in [6, 6.07) is 11.3. The maximum absolute atomic E-state index is 12.6. The lowest BCUT2D eigenvalue weighted by atomic mass is 10.0. The molecule has 0 bridgehead atoms. The minimum absolute atomic E-state index is 0.112. The molecule has 1 aliphatic carbocycles. The van der Waals surface area contributed by atoms with Gasteiger partial charge in [0, 0.05) is 17.3 Å². The summed E-state index contributed by atoms with van der Waals surface area (Å²) in [5, 5.41) is 11.2. The normalized spacial score (nSPS) is 13.7. The average Bonchev–Trinajstić information content (AvgIpc) is 3.26. The summed E-state index contributed by atoms with van der Waals surface area (Å²) in [5.74, 6) is -0.827. The van der Waals surface area contributed by atoms with Crippen LogP contribution in [0, 0.1) is 0 Å². The number of hydrogen-bond donors (Lipinski definition) is 1. The van der Waals surface area contributed by atoms with E-state index < -0.39 is 5.97 Å². The van der Waals surface area contributed by atoms with E-state index in [9.17, 15) is 14.7 Å². The van der Waals surface area contributed by atoms with E-state index in [1.807, 2.05) is 28.5 Å². The average molecular weight is 329 g/mol. The Morgan fingerprint density at radius 2 is 1.96 bits per heavy atom. The molecule has 0 spiro atoms. The van der Waals surface area contributed by atoms with Gasteiger partial charge in [-0.1, -0.05) is 24.3 Å². The predicted molar refractivity (Wildman–Crippen MR) is 89.6 cm³/mol. The van der Waals surface area contributed by atoms with Crippen molar-refractivity contribution in [3.63, 3.8) is 0 Å². The zero-order valence-corrected chi connectivity index (χ0v) is 13.6. The fraction of sp³-hybridized carbons (Fsp3) is 0.333. The topological polar surface area (TPSA) is 57.6 Å². The molecule has 120 valence electrons. The van der Waals surface area contributed by atoms with Crippen LogP contribution in [0.25, 0.3) is 0 Å².